The highest BCUT2D eigenvalue weighted by atomic mass is 16.5. The number of aromatic nitrogens is 1. The Kier molecular flexibility index (Phi) is 4.89. The van der Waals surface area contributed by atoms with Gasteiger partial charge in [0.25, 0.3) is 0 Å². The molecule has 0 radical (unpaired) electrons. The van der Waals surface area contributed by atoms with E-state index >= 15 is 0 Å². The second-order valence-electron chi connectivity index (χ2n) is 5.70. The summed E-state index contributed by atoms with van der Waals surface area (Å²) in [6.45, 7) is 9.20. The Bertz CT molecular complexity index is 616. The second kappa shape index (κ2) is 6.66. The molecule has 0 fully saturated rings. The highest BCUT2D eigenvalue weighted by molar-refractivity contribution is 5.84. The fraction of sp³-hybridized carbons (Fsp3) is 0.471. The predicted octanol–water partition coefficient (Wildman–Crippen LogP) is 3.20. The van der Waals surface area contributed by atoms with Crippen LogP contribution >= 0.6 is 0 Å². The number of carbonyl (C=O) groups excluding carboxylic acids is 1. The molecule has 1 atom stereocenters. The van der Waals surface area contributed by atoms with Crippen molar-refractivity contribution in [3.63, 3.8) is 0 Å². The molecule has 4 nitrogen and oxygen atoms in total. The minimum Gasteiger partial charge on any atom is -0.494 e. The number of amides is 1. The number of fused-ring (bicyclic) bond motifs is 1. The van der Waals surface area contributed by atoms with Gasteiger partial charge in [0.1, 0.15) is 12.3 Å². The molecular weight excluding hydrogens is 264 g/mol. The molecule has 1 amide bonds. The Balaban J connectivity index is 2.10. The lowest BCUT2D eigenvalue weighted by Gasteiger charge is -2.17. The molecule has 1 heterocycles. The van der Waals surface area contributed by atoms with E-state index in [2.05, 4.69) is 19.2 Å². The van der Waals surface area contributed by atoms with Crippen LogP contribution in [0, 0.1) is 5.92 Å². The van der Waals surface area contributed by atoms with E-state index in [1.54, 1.807) is 0 Å². The Morgan fingerprint density at radius 2 is 2.05 bits per heavy atom. The maximum Gasteiger partial charge on any atom is 0.240 e. The van der Waals surface area contributed by atoms with Gasteiger partial charge in [-0.25, -0.2) is 0 Å². The van der Waals surface area contributed by atoms with Gasteiger partial charge in [-0.3, -0.25) is 4.79 Å². The van der Waals surface area contributed by atoms with Crippen molar-refractivity contribution in [3.05, 3.63) is 30.5 Å². The van der Waals surface area contributed by atoms with Crippen LogP contribution in [0.5, 0.6) is 5.75 Å². The maximum absolute atomic E-state index is 12.1. The van der Waals surface area contributed by atoms with Crippen LogP contribution in [0.4, 0.5) is 0 Å². The molecule has 4 heteroatoms. The fourth-order valence-corrected chi connectivity index (χ4v) is 2.19. The van der Waals surface area contributed by atoms with Crippen LogP contribution in [-0.2, 0) is 11.3 Å². The van der Waals surface area contributed by atoms with Crippen LogP contribution < -0.4 is 10.1 Å². The zero-order chi connectivity index (χ0) is 15.4. The van der Waals surface area contributed by atoms with Crippen molar-refractivity contribution in [1.29, 1.82) is 0 Å². The fourth-order valence-electron chi connectivity index (χ4n) is 2.19. The SMILES string of the molecule is CCOc1ccc2c(ccn2CC(=O)NC(C)C(C)C)c1. The molecule has 0 aliphatic heterocycles. The van der Waals surface area contributed by atoms with Gasteiger partial charge in [0.2, 0.25) is 5.91 Å². The van der Waals surface area contributed by atoms with E-state index in [4.69, 9.17) is 4.74 Å². The molecule has 1 N–H and O–H groups in total. The van der Waals surface area contributed by atoms with Gasteiger partial charge >= 0.3 is 0 Å². The van der Waals surface area contributed by atoms with Crippen LogP contribution in [0.2, 0.25) is 0 Å². The minimum atomic E-state index is 0.0441. The first-order chi connectivity index (χ1) is 10.0. The molecule has 2 rings (SSSR count). The Morgan fingerprint density at radius 3 is 2.71 bits per heavy atom. The van der Waals surface area contributed by atoms with Crippen molar-refractivity contribution in [3.8, 4) is 5.75 Å². The van der Waals surface area contributed by atoms with Crippen molar-refractivity contribution in [1.82, 2.24) is 9.88 Å². The first kappa shape index (κ1) is 15.4. The number of ether oxygens (including phenoxy) is 1. The molecule has 1 aromatic carbocycles. The van der Waals surface area contributed by atoms with Crippen molar-refractivity contribution in [2.24, 2.45) is 5.92 Å². The zero-order valence-electron chi connectivity index (χ0n) is 13.2. The molecule has 0 aliphatic carbocycles. The predicted molar refractivity (Wildman–Crippen MR) is 85.5 cm³/mol. The average molecular weight is 288 g/mol. The normalized spacial score (nSPS) is 12.6. The summed E-state index contributed by atoms with van der Waals surface area (Å²) in [4.78, 5) is 12.1. The van der Waals surface area contributed by atoms with Crippen LogP contribution in [0.1, 0.15) is 27.7 Å². The van der Waals surface area contributed by atoms with Crippen LogP contribution in [0.15, 0.2) is 30.5 Å². The molecule has 21 heavy (non-hydrogen) atoms. The molecule has 2 aromatic rings. The zero-order valence-corrected chi connectivity index (χ0v) is 13.2. The molecule has 114 valence electrons. The van der Waals surface area contributed by atoms with Crippen molar-refractivity contribution in [2.75, 3.05) is 6.61 Å². The smallest absolute Gasteiger partial charge is 0.240 e. The highest BCUT2D eigenvalue weighted by Gasteiger charge is 2.12. The third kappa shape index (κ3) is 3.78. The molecule has 1 unspecified atom stereocenters. The summed E-state index contributed by atoms with van der Waals surface area (Å²) >= 11 is 0. The minimum absolute atomic E-state index is 0.0441. The summed E-state index contributed by atoms with van der Waals surface area (Å²) in [7, 11) is 0. The van der Waals surface area contributed by atoms with E-state index in [1.165, 1.54) is 0 Å². The van der Waals surface area contributed by atoms with Crippen molar-refractivity contribution < 1.29 is 9.53 Å². The molecule has 0 saturated heterocycles. The summed E-state index contributed by atoms with van der Waals surface area (Å²) in [5.41, 5.74) is 1.05. The molecule has 0 bridgehead atoms. The average Bonchev–Trinajstić information content (AvgIpc) is 2.81. The number of benzene rings is 1. The second-order valence-corrected chi connectivity index (χ2v) is 5.70. The largest absolute Gasteiger partial charge is 0.494 e. The number of rotatable bonds is 6. The van der Waals surface area contributed by atoms with Crippen LogP contribution in [-0.4, -0.2) is 23.1 Å². The van der Waals surface area contributed by atoms with Gasteiger partial charge < -0.3 is 14.6 Å². The third-order valence-electron chi connectivity index (χ3n) is 3.76. The summed E-state index contributed by atoms with van der Waals surface area (Å²) < 4.78 is 7.46. The highest BCUT2D eigenvalue weighted by Crippen LogP contribution is 2.22. The van der Waals surface area contributed by atoms with E-state index in [9.17, 15) is 4.79 Å². The molecule has 0 saturated carbocycles. The van der Waals surface area contributed by atoms with Gasteiger partial charge in [-0.2, -0.15) is 0 Å². The number of hydrogen-bond donors (Lipinski definition) is 1. The van der Waals surface area contributed by atoms with E-state index in [-0.39, 0.29) is 11.9 Å². The summed E-state index contributed by atoms with van der Waals surface area (Å²) in [6.07, 6.45) is 1.94. The summed E-state index contributed by atoms with van der Waals surface area (Å²) in [5, 5.41) is 4.12. The first-order valence-electron chi connectivity index (χ1n) is 7.52. The molecule has 0 spiro atoms. The van der Waals surface area contributed by atoms with Gasteiger partial charge in [0.05, 0.1) is 6.61 Å². The third-order valence-corrected chi connectivity index (χ3v) is 3.76. The van der Waals surface area contributed by atoms with E-state index in [1.807, 2.05) is 48.9 Å². The lowest BCUT2D eigenvalue weighted by Crippen LogP contribution is -2.38. The molecular formula is C17H24N2O2. The molecule has 1 aromatic heterocycles. The van der Waals surface area contributed by atoms with E-state index in [0.717, 1.165) is 16.7 Å². The van der Waals surface area contributed by atoms with Crippen molar-refractivity contribution >= 4 is 16.8 Å². The van der Waals surface area contributed by atoms with Gasteiger partial charge in [-0.1, -0.05) is 13.8 Å². The summed E-state index contributed by atoms with van der Waals surface area (Å²) in [6, 6.07) is 8.14. The Morgan fingerprint density at radius 1 is 1.29 bits per heavy atom. The van der Waals surface area contributed by atoms with Gasteiger partial charge in [-0.05, 0) is 44.0 Å². The monoisotopic (exact) mass is 288 g/mol. The Hall–Kier alpha value is -1.97. The number of carbonyl (C=O) groups is 1. The maximum atomic E-state index is 12.1. The quantitative estimate of drug-likeness (QED) is 0.887. The van der Waals surface area contributed by atoms with Gasteiger partial charge in [0.15, 0.2) is 0 Å². The van der Waals surface area contributed by atoms with Gasteiger partial charge in [-0.15, -0.1) is 0 Å². The first-order valence-corrected chi connectivity index (χ1v) is 7.52. The lowest BCUT2D eigenvalue weighted by molar-refractivity contribution is -0.122. The summed E-state index contributed by atoms with van der Waals surface area (Å²) in [5.74, 6) is 1.34. The van der Waals surface area contributed by atoms with Crippen LogP contribution in [0.3, 0.4) is 0 Å². The number of hydrogen-bond acceptors (Lipinski definition) is 2. The molecule has 0 aliphatic rings. The van der Waals surface area contributed by atoms with Crippen molar-refractivity contribution in [2.45, 2.75) is 40.3 Å². The number of nitrogens with one attached hydrogen (secondary N) is 1. The standard InChI is InChI=1S/C17H24N2O2/c1-5-21-15-6-7-16-14(10-15)8-9-19(16)11-17(20)18-13(4)12(2)3/h6-10,12-13H,5,11H2,1-4H3,(H,18,20). The van der Waals surface area contributed by atoms with E-state index < -0.39 is 0 Å². The number of nitrogens with zero attached hydrogens (tertiary/aromatic N) is 1. The van der Waals surface area contributed by atoms with E-state index in [0.29, 0.717) is 19.1 Å². The topological polar surface area (TPSA) is 43.3 Å². The van der Waals surface area contributed by atoms with Crippen LogP contribution in [0.25, 0.3) is 10.9 Å². The van der Waals surface area contributed by atoms with Gasteiger partial charge in [0, 0.05) is 23.1 Å². The lowest BCUT2D eigenvalue weighted by atomic mass is 10.1. The Labute approximate surface area is 126 Å².